The third kappa shape index (κ3) is 4.90. The van der Waals surface area contributed by atoms with Gasteiger partial charge in [-0.2, -0.15) is 0 Å². The lowest BCUT2D eigenvalue weighted by molar-refractivity contribution is -0.115. The predicted molar refractivity (Wildman–Crippen MR) is 78.8 cm³/mol. The molecule has 0 saturated carbocycles. The molecule has 1 aromatic rings. The van der Waals surface area contributed by atoms with Gasteiger partial charge in [0.25, 0.3) is 0 Å². The molecule has 1 unspecified atom stereocenters. The van der Waals surface area contributed by atoms with Crippen molar-refractivity contribution in [3.8, 4) is 5.75 Å². The van der Waals surface area contributed by atoms with Gasteiger partial charge in [0.2, 0.25) is 5.91 Å². The number of hydrogen-bond acceptors (Lipinski definition) is 4. The molecule has 0 aliphatic heterocycles. The lowest BCUT2D eigenvalue weighted by Crippen LogP contribution is -2.18. The Morgan fingerprint density at radius 2 is 2.16 bits per heavy atom. The topological polar surface area (TPSA) is 81.4 Å². The number of methoxy groups -OCH3 is 1. The number of hydrogen-bond donors (Lipinski definition) is 2. The third-order valence-corrected chi connectivity index (χ3v) is 4.21. The van der Waals surface area contributed by atoms with Crippen LogP contribution in [0, 0.1) is 0 Å². The molecular formula is C13H20N2O3S. The summed E-state index contributed by atoms with van der Waals surface area (Å²) < 4.78 is 16.7. The maximum Gasteiger partial charge on any atom is 0.225 e. The molecule has 0 fully saturated rings. The van der Waals surface area contributed by atoms with Gasteiger partial charge in [0.05, 0.1) is 12.8 Å². The van der Waals surface area contributed by atoms with Gasteiger partial charge < -0.3 is 15.8 Å². The molecule has 1 amide bonds. The van der Waals surface area contributed by atoms with Crippen molar-refractivity contribution in [3.05, 3.63) is 18.2 Å². The van der Waals surface area contributed by atoms with E-state index < -0.39 is 10.8 Å². The Morgan fingerprint density at radius 1 is 1.47 bits per heavy atom. The van der Waals surface area contributed by atoms with E-state index in [1.54, 1.807) is 18.2 Å². The van der Waals surface area contributed by atoms with Gasteiger partial charge in [0, 0.05) is 40.0 Å². The molecule has 106 valence electrons. The van der Waals surface area contributed by atoms with Gasteiger partial charge in [-0.1, -0.05) is 13.8 Å². The summed E-state index contributed by atoms with van der Waals surface area (Å²) in [4.78, 5) is 11.8. The smallest absolute Gasteiger partial charge is 0.225 e. The Balaban J connectivity index is 2.60. The minimum Gasteiger partial charge on any atom is -0.494 e. The van der Waals surface area contributed by atoms with E-state index in [4.69, 9.17) is 10.5 Å². The van der Waals surface area contributed by atoms with Crippen molar-refractivity contribution in [2.45, 2.75) is 25.5 Å². The number of ether oxygens (including phenoxy) is 1. The van der Waals surface area contributed by atoms with Crippen molar-refractivity contribution in [2.75, 3.05) is 23.9 Å². The Morgan fingerprint density at radius 3 is 2.74 bits per heavy atom. The summed E-state index contributed by atoms with van der Waals surface area (Å²) in [5.41, 5.74) is 6.76. The number of nitrogens with one attached hydrogen (secondary N) is 1. The van der Waals surface area contributed by atoms with Gasteiger partial charge in [-0.3, -0.25) is 9.00 Å². The van der Waals surface area contributed by atoms with Gasteiger partial charge in [0.15, 0.2) is 0 Å². The molecule has 0 saturated heterocycles. The van der Waals surface area contributed by atoms with Gasteiger partial charge in [-0.25, -0.2) is 0 Å². The molecule has 0 bridgehead atoms. The first-order valence-corrected chi connectivity index (χ1v) is 7.42. The number of rotatable bonds is 6. The Kier molecular flexibility index (Phi) is 5.82. The van der Waals surface area contributed by atoms with E-state index in [2.05, 4.69) is 5.32 Å². The van der Waals surface area contributed by atoms with Gasteiger partial charge in [-0.05, 0) is 12.1 Å². The van der Waals surface area contributed by atoms with E-state index in [-0.39, 0.29) is 17.6 Å². The first-order chi connectivity index (χ1) is 8.93. The van der Waals surface area contributed by atoms with Crippen LogP contribution in [0.3, 0.4) is 0 Å². The molecule has 5 nitrogen and oxygen atoms in total. The third-order valence-electron chi connectivity index (χ3n) is 2.56. The number of nitrogens with two attached hydrogens (primary N) is 1. The summed E-state index contributed by atoms with van der Waals surface area (Å²) in [6, 6.07) is 5.01. The first-order valence-electron chi connectivity index (χ1n) is 6.04. The molecule has 0 aliphatic rings. The minimum absolute atomic E-state index is 0.0684. The number of carbonyl (C=O) groups excluding carboxylic acids is 1. The van der Waals surface area contributed by atoms with Crippen LogP contribution >= 0.6 is 0 Å². The highest BCUT2D eigenvalue weighted by molar-refractivity contribution is 7.85. The lowest BCUT2D eigenvalue weighted by atomic mass is 10.2. The number of benzene rings is 1. The molecule has 0 heterocycles. The normalized spacial score (nSPS) is 12.2. The van der Waals surface area contributed by atoms with E-state index in [1.165, 1.54) is 7.11 Å². The summed E-state index contributed by atoms with van der Waals surface area (Å²) in [6.07, 6.45) is 0.221. The summed E-state index contributed by atoms with van der Waals surface area (Å²) in [5, 5.41) is 2.80. The van der Waals surface area contributed by atoms with Crippen molar-refractivity contribution < 1.29 is 13.7 Å². The van der Waals surface area contributed by atoms with Gasteiger partial charge in [-0.15, -0.1) is 0 Å². The van der Waals surface area contributed by atoms with E-state index in [1.807, 2.05) is 13.8 Å². The van der Waals surface area contributed by atoms with Crippen LogP contribution in [-0.2, 0) is 15.6 Å². The average molecular weight is 284 g/mol. The van der Waals surface area contributed by atoms with Crippen LogP contribution in [0.1, 0.15) is 20.3 Å². The maximum absolute atomic E-state index is 11.8. The minimum atomic E-state index is -0.973. The molecule has 0 spiro atoms. The SMILES string of the molecule is COc1cc(N)ccc1NC(=O)CCS(=O)C(C)C. The largest absolute Gasteiger partial charge is 0.494 e. The zero-order chi connectivity index (χ0) is 14.4. The van der Waals surface area contributed by atoms with Gasteiger partial charge >= 0.3 is 0 Å². The summed E-state index contributed by atoms with van der Waals surface area (Å²) in [6.45, 7) is 3.74. The molecule has 1 atom stereocenters. The lowest BCUT2D eigenvalue weighted by Gasteiger charge is -2.11. The fourth-order valence-corrected chi connectivity index (χ4v) is 2.31. The van der Waals surface area contributed by atoms with E-state index >= 15 is 0 Å². The molecule has 0 radical (unpaired) electrons. The Hall–Kier alpha value is -1.56. The van der Waals surface area contributed by atoms with Crippen molar-refractivity contribution in [1.82, 2.24) is 0 Å². The number of nitrogen functional groups attached to an aromatic ring is 1. The summed E-state index contributed by atoms with van der Waals surface area (Å²) in [5.74, 6) is 0.691. The maximum atomic E-state index is 11.8. The van der Waals surface area contributed by atoms with E-state index in [0.29, 0.717) is 22.9 Å². The average Bonchev–Trinajstić information content (AvgIpc) is 2.37. The fourth-order valence-electron chi connectivity index (χ4n) is 1.45. The highest BCUT2D eigenvalue weighted by atomic mass is 32.2. The zero-order valence-corrected chi connectivity index (χ0v) is 12.3. The molecule has 0 aliphatic carbocycles. The second kappa shape index (κ2) is 7.13. The highest BCUT2D eigenvalue weighted by Gasteiger charge is 2.11. The second-order valence-corrected chi connectivity index (χ2v) is 6.50. The van der Waals surface area contributed by atoms with Crippen LogP contribution in [0.5, 0.6) is 5.75 Å². The molecule has 0 aromatic heterocycles. The van der Waals surface area contributed by atoms with Gasteiger partial charge in [0.1, 0.15) is 5.75 Å². The van der Waals surface area contributed by atoms with Crippen molar-refractivity contribution in [3.63, 3.8) is 0 Å². The van der Waals surface area contributed by atoms with Crippen molar-refractivity contribution in [1.29, 1.82) is 0 Å². The fraction of sp³-hybridized carbons (Fsp3) is 0.462. The van der Waals surface area contributed by atoms with E-state index in [0.717, 1.165) is 0 Å². The van der Waals surface area contributed by atoms with Crippen LogP contribution in [0.2, 0.25) is 0 Å². The quantitative estimate of drug-likeness (QED) is 0.780. The molecule has 3 N–H and O–H groups in total. The molecule has 1 aromatic carbocycles. The van der Waals surface area contributed by atoms with Crippen molar-refractivity contribution >= 4 is 28.1 Å². The monoisotopic (exact) mass is 284 g/mol. The van der Waals surface area contributed by atoms with Crippen LogP contribution in [-0.4, -0.2) is 28.2 Å². The number of anilines is 2. The first kappa shape index (κ1) is 15.5. The summed E-state index contributed by atoms with van der Waals surface area (Å²) in [7, 11) is 0.539. The number of amides is 1. The van der Waals surface area contributed by atoms with Crippen LogP contribution in [0.15, 0.2) is 18.2 Å². The zero-order valence-electron chi connectivity index (χ0n) is 11.4. The van der Waals surface area contributed by atoms with Crippen molar-refractivity contribution in [2.24, 2.45) is 0 Å². The molecular weight excluding hydrogens is 264 g/mol. The van der Waals surface area contributed by atoms with Crippen LogP contribution < -0.4 is 15.8 Å². The molecule has 1 rings (SSSR count). The second-order valence-electron chi connectivity index (χ2n) is 4.39. The van der Waals surface area contributed by atoms with E-state index in [9.17, 15) is 9.00 Å². The highest BCUT2D eigenvalue weighted by Crippen LogP contribution is 2.26. The summed E-state index contributed by atoms with van der Waals surface area (Å²) >= 11 is 0. The Labute approximate surface area is 116 Å². The Bertz CT molecular complexity index is 475. The molecule has 19 heavy (non-hydrogen) atoms. The predicted octanol–water partition coefficient (Wildman–Crippen LogP) is 1.76. The molecule has 6 heteroatoms. The van der Waals surface area contributed by atoms with Crippen LogP contribution in [0.4, 0.5) is 11.4 Å². The van der Waals surface area contributed by atoms with Crippen LogP contribution in [0.25, 0.3) is 0 Å². The number of carbonyl (C=O) groups is 1. The standard InChI is InChI=1S/C13H20N2O3S/c1-9(2)19(17)7-6-13(16)15-11-5-4-10(14)8-12(11)18-3/h4-5,8-9H,6-7,14H2,1-3H3,(H,15,16).